The molecule has 0 saturated heterocycles. The minimum Gasteiger partial charge on any atom is -0.497 e. The molecule has 122 valence electrons. The molecule has 0 saturated carbocycles. The molecule has 24 heavy (non-hydrogen) atoms. The highest BCUT2D eigenvalue weighted by Crippen LogP contribution is 2.23. The van der Waals surface area contributed by atoms with Crippen molar-refractivity contribution < 1.29 is 14.1 Å². The Morgan fingerprint density at radius 2 is 1.88 bits per heavy atom. The second-order valence-corrected chi connectivity index (χ2v) is 5.35. The van der Waals surface area contributed by atoms with Crippen LogP contribution in [0.5, 0.6) is 5.75 Å². The summed E-state index contributed by atoms with van der Waals surface area (Å²) in [4.78, 5) is 12.0. The molecule has 3 rings (SSSR count). The van der Waals surface area contributed by atoms with E-state index in [1.54, 1.807) is 13.2 Å². The third-order valence-corrected chi connectivity index (χ3v) is 3.61. The van der Waals surface area contributed by atoms with E-state index in [1.165, 1.54) is 0 Å². The first-order valence-corrected chi connectivity index (χ1v) is 7.65. The summed E-state index contributed by atoms with van der Waals surface area (Å²) in [6.45, 7) is 0.503. The Kier molecular flexibility index (Phi) is 4.91. The Morgan fingerprint density at radius 3 is 2.58 bits per heavy atom. The van der Waals surface area contributed by atoms with Crippen molar-refractivity contribution in [3.63, 3.8) is 0 Å². The van der Waals surface area contributed by atoms with Gasteiger partial charge in [0.05, 0.1) is 19.2 Å². The normalized spacial score (nSPS) is 10.4. The molecule has 0 radical (unpaired) electrons. The smallest absolute Gasteiger partial charge is 0.226 e. The van der Waals surface area contributed by atoms with Gasteiger partial charge < -0.3 is 14.6 Å². The SMILES string of the molecule is COc1ccc(-c2cc(CC(=O)NCc3ccccc3)no2)cc1. The predicted octanol–water partition coefficient (Wildman–Crippen LogP) is 3.21. The fourth-order valence-corrected chi connectivity index (χ4v) is 2.31. The van der Waals surface area contributed by atoms with E-state index in [0.717, 1.165) is 16.9 Å². The van der Waals surface area contributed by atoms with Crippen LogP contribution in [0, 0.1) is 0 Å². The number of ether oxygens (including phenoxy) is 1. The molecule has 1 N–H and O–H groups in total. The van der Waals surface area contributed by atoms with Gasteiger partial charge >= 0.3 is 0 Å². The third kappa shape index (κ3) is 4.01. The molecule has 3 aromatic rings. The molecular formula is C19H18N2O3. The first-order valence-electron chi connectivity index (χ1n) is 7.65. The van der Waals surface area contributed by atoms with Crippen molar-refractivity contribution in [2.45, 2.75) is 13.0 Å². The molecule has 0 fully saturated rings. The van der Waals surface area contributed by atoms with Gasteiger partial charge in [-0.15, -0.1) is 0 Å². The van der Waals surface area contributed by atoms with E-state index in [0.29, 0.717) is 18.0 Å². The second-order valence-electron chi connectivity index (χ2n) is 5.35. The monoisotopic (exact) mass is 322 g/mol. The lowest BCUT2D eigenvalue weighted by atomic mass is 10.1. The van der Waals surface area contributed by atoms with Crippen LogP contribution in [-0.4, -0.2) is 18.2 Å². The van der Waals surface area contributed by atoms with Gasteiger partial charge in [-0.3, -0.25) is 4.79 Å². The van der Waals surface area contributed by atoms with Crippen molar-refractivity contribution in [1.82, 2.24) is 10.5 Å². The lowest BCUT2D eigenvalue weighted by molar-refractivity contribution is -0.120. The molecule has 1 heterocycles. The summed E-state index contributed by atoms with van der Waals surface area (Å²) in [7, 11) is 1.62. The molecule has 0 spiro atoms. The average Bonchev–Trinajstić information content (AvgIpc) is 3.09. The number of hydrogen-bond acceptors (Lipinski definition) is 4. The van der Waals surface area contributed by atoms with Crippen LogP contribution in [0.1, 0.15) is 11.3 Å². The average molecular weight is 322 g/mol. The molecule has 1 aromatic heterocycles. The molecule has 2 aromatic carbocycles. The maximum absolute atomic E-state index is 12.0. The van der Waals surface area contributed by atoms with E-state index < -0.39 is 0 Å². The molecule has 0 aliphatic rings. The topological polar surface area (TPSA) is 64.4 Å². The Hall–Kier alpha value is -3.08. The Balaban J connectivity index is 1.58. The molecule has 1 amide bonds. The van der Waals surface area contributed by atoms with Crippen LogP contribution in [0.2, 0.25) is 0 Å². The number of nitrogens with one attached hydrogen (secondary N) is 1. The molecule has 5 heteroatoms. The summed E-state index contributed by atoms with van der Waals surface area (Å²) >= 11 is 0. The first kappa shape index (κ1) is 15.8. The maximum Gasteiger partial charge on any atom is 0.226 e. The molecule has 5 nitrogen and oxygen atoms in total. The largest absolute Gasteiger partial charge is 0.497 e. The van der Waals surface area contributed by atoms with Crippen molar-refractivity contribution in [2.24, 2.45) is 0 Å². The summed E-state index contributed by atoms with van der Waals surface area (Å²) < 4.78 is 10.4. The van der Waals surface area contributed by atoms with Crippen LogP contribution >= 0.6 is 0 Å². The number of methoxy groups -OCH3 is 1. The van der Waals surface area contributed by atoms with Gasteiger partial charge in [-0.05, 0) is 29.8 Å². The Labute approximate surface area is 140 Å². The number of amides is 1. The van der Waals surface area contributed by atoms with E-state index in [4.69, 9.17) is 9.26 Å². The highest BCUT2D eigenvalue weighted by molar-refractivity contribution is 5.78. The quantitative estimate of drug-likeness (QED) is 0.757. The number of nitrogens with zero attached hydrogens (tertiary/aromatic N) is 1. The highest BCUT2D eigenvalue weighted by Gasteiger charge is 2.10. The van der Waals surface area contributed by atoms with Gasteiger partial charge in [0.15, 0.2) is 5.76 Å². The summed E-state index contributed by atoms with van der Waals surface area (Å²) in [6, 6.07) is 19.0. The standard InChI is InChI=1S/C19H18N2O3/c1-23-17-9-7-15(8-10-17)18-11-16(21-24-18)12-19(22)20-13-14-5-3-2-4-6-14/h2-11H,12-13H2,1H3,(H,20,22). The van der Waals surface area contributed by atoms with Crippen LogP contribution in [-0.2, 0) is 17.8 Å². The Morgan fingerprint density at radius 1 is 1.12 bits per heavy atom. The zero-order valence-electron chi connectivity index (χ0n) is 13.4. The summed E-state index contributed by atoms with van der Waals surface area (Å²) in [6.07, 6.45) is 0.187. The third-order valence-electron chi connectivity index (χ3n) is 3.61. The summed E-state index contributed by atoms with van der Waals surface area (Å²) in [5, 5.41) is 6.84. The number of carbonyl (C=O) groups is 1. The number of aromatic nitrogens is 1. The number of hydrogen-bond donors (Lipinski definition) is 1. The van der Waals surface area contributed by atoms with Gasteiger partial charge in [-0.1, -0.05) is 35.5 Å². The number of carbonyl (C=O) groups excluding carboxylic acids is 1. The fourth-order valence-electron chi connectivity index (χ4n) is 2.31. The molecule has 0 aliphatic heterocycles. The molecule has 0 bridgehead atoms. The maximum atomic E-state index is 12.0. The van der Waals surface area contributed by atoms with Crippen molar-refractivity contribution in [1.29, 1.82) is 0 Å². The van der Waals surface area contributed by atoms with E-state index in [9.17, 15) is 4.79 Å². The molecule has 0 unspecified atom stereocenters. The van der Waals surface area contributed by atoms with Gasteiger partial charge in [-0.2, -0.15) is 0 Å². The van der Waals surface area contributed by atoms with Gasteiger partial charge in [0.1, 0.15) is 5.75 Å². The first-order chi connectivity index (χ1) is 11.7. The van der Waals surface area contributed by atoms with Crippen molar-refractivity contribution in [3.8, 4) is 17.1 Å². The lowest BCUT2D eigenvalue weighted by Crippen LogP contribution is -2.24. The van der Waals surface area contributed by atoms with Crippen molar-refractivity contribution >= 4 is 5.91 Å². The fraction of sp³-hybridized carbons (Fsp3) is 0.158. The van der Waals surface area contributed by atoms with Gasteiger partial charge in [-0.25, -0.2) is 0 Å². The van der Waals surface area contributed by atoms with Crippen LogP contribution < -0.4 is 10.1 Å². The van der Waals surface area contributed by atoms with Gasteiger partial charge in [0, 0.05) is 18.2 Å². The number of benzene rings is 2. The van der Waals surface area contributed by atoms with Crippen LogP contribution in [0.3, 0.4) is 0 Å². The van der Waals surface area contributed by atoms with Gasteiger partial charge in [0.2, 0.25) is 5.91 Å². The van der Waals surface area contributed by atoms with E-state index in [2.05, 4.69) is 10.5 Å². The van der Waals surface area contributed by atoms with Gasteiger partial charge in [0.25, 0.3) is 0 Å². The minimum atomic E-state index is -0.0894. The summed E-state index contributed by atoms with van der Waals surface area (Å²) in [5.41, 5.74) is 2.55. The summed E-state index contributed by atoms with van der Waals surface area (Å²) in [5.74, 6) is 1.32. The second kappa shape index (κ2) is 7.46. The lowest BCUT2D eigenvalue weighted by Gasteiger charge is -2.03. The molecular weight excluding hydrogens is 304 g/mol. The van der Waals surface area contributed by atoms with E-state index in [-0.39, 0.29) is 12.3 Å². The van der Waals surface area contributed by atoms with Crippen LogP contribution in [0.25, 0.3) is 11.3 Å². The van der Waals surface area contributed by atoms with E-state index in [1.807, 2.05) is 54.6 Å². The zero-order valence-corrected chi connectivity index (χ0v) is 13.4. The van der Waals surface area contributed by atoms with Crippen LogP contribution in [0.15, 0.2) is 65.2 Å². The van der Waals surface area contributed by atoms with Crippen molar-refractivity contribution in [2.75, 3.05) is 7.11 Å². The zero-order chi connectivity index (χ0) is 16.8. The number of rotatable bonds is 6. The molecule has 0 atom stereocenters. The molecule has 0 aliphatic carbocycles. The van der Waals surface area contributed by atoms with E-state index >= 15 is 0 Å². The predicted molar refractivity (Wildman–Crippen MR) is 90.5 cm³/mol. The van der Waals surface area contributed by atoms with Crippen molar-refractivity contribution in [3.05, 3.63) is 71.9 Å². The van der Waals surface area contributed by atoms with Crippen LogP contribution in [0.4, 0.5) is 0 Å². The highest BCUT2D eigenvalue weighted by atomic mass is 16.5. The minimum absolute atomic E-state index is 0.0894. The Bertz CT molecular complexity index is 795.